The Morgan fingerprint density at radius 2 is 1.75 bits per heavy atom. The maximum absolute atomic E-state index is 12.8. The van der Waals surface area contributed by atoms with Crippen LogP contribution in [0.1, 0.15) is 5.56 Å². The van der Waals surface area contributed by atoms with Crippen LogP contribution in [0.15, 0.2) is 53.5 Å². The second kappa shape index (κ2) is 5.81. The van der Waals surface area contributed by atoms with Crippen molar-refractivity contribution in [1.82, 2.24) is 4.57 Å². The molecule has 0 amide bonds. The first-order valence-electron chi connectivity index (χ1n) is 6.04. The quantitative estimate of drug-likeness (QED) is 0.935. The highest BCUT2D eigenvalue weighted by molar-refractivity contribution is 5.52. The standard InChI is InChI=1S/C14H13F3N2O/c15-14(16,17)11-5-1-2-6-12(11)18-8-10-19-9-4-3-7-13(19)20/h1-7,9,18H,8,10H2. The molecule has 1 heterocycles. The lowest BCUT2D eigenvalue weighted by Crippen LogP contribution is -2.22. The van der Waals surface area contributed by atoms with E-state index < -0.39 is 11.7 Å². The van der Waals surface area contributed by atoms with E-state index in [2.05, 4.69) is 5.32 Å². The Bertz CT molecular complexity index is 635. The SMILES string of the molecule is O=c1ccccn1CCNc1ccccc1C(F)(F)F. The molecule has 0 aliphatic heterocycles. The first-order chi connectivity index (χ1) is 9.48. The van der Waals surface area contributed by atoms with Crippen LogP contribution in [0, 0.1) is 0 Å². The Morgan fingerprint density at radius 3 is 2.45 bits per heavy atom. The van der Waals surface area contributed by atoms with E-state index in [4.69, 9.17) is 0 Å². The summed E-state index contributed by atoms with van der Waals surface area (Å²) in [4.78, 5) is 11.4. The number of alkyl halides is 3. The topological polar surface area (TPSA) is 34.0 Å². The lowest BCUT2D eigenvalue weighted by molar-refractivity contribution is -0.136. The van der Waals surface area contributed by atoms with Gasteiger partial charge in [0.25, 0.3) is 5.56 Å². The van der Waals surface area contributed by atoms with Crippen molar-refractivity contribution in [2.24, 2.45) is 0 Å². The van der Waals surface area contributed by atoms with Crippen LogP contribution in [0.3, 0.4) is 0 Å². The normalized spacial score (nSPS) is 11.3. The van der Waals surface area contributed by atoms with Gasteiger partial charge in [0.1, 0.15) is 0 Å². The van der Waals surface area contributed by atoms with Crippen molar-refractivity contribution in [1.29, 1.82) is 0 Å². The second-order valence-electron chi connectivity index (χ2n) is 4.20. The average Bonchev–Trinajstić information content (AvgIpc) is 2.40. The van der Waals surface area contributed by atoms with Gasteiger partial charge in [0, 0.05) is 31.0 Å². The summed E-state index contributed by atoms with van der Waals surface area (Å²) in [6.07, 6.45) is -2.80. The first-order valence-corrected chi connectivity index (χ1v) is 6.04. The van der Waals surface area contributed by atoms with Crippen LogP contribution in [0.2, 0.25) is 0 Å². The number of para-hydroxylation sites is 1. The third kappa shape index (κ3) is 3.40. The molecule has 0 aliphatic rings. The molecule has 0 saturated carbocycles. The van der Waals surface area contributed by atoms with E-state index in [1.165, 1.54) is 28.8 Å². The summed E-state index contributed by atoms with van der Waals surface area (Å²) >= 11 is 0. The lowest BCUT2D eigenvalue weighted by Gasteiger charge is -2.14. The minimum atomic E-state index is -4.40. The third-order valence-electron chi connectivity index (χ3n) is 2.80. The van der Waals surface area contributed by atoms with Gasteiger partial charge in [-0.1, -0.05) is 18.2 Å². The minimum absolute atomic E-state index is 0.0176. The Hall–Kier alpha value is -2.24. The number of benzene rings is 1. The van der Waals surface area contributed by atoms with Crippen molar-refractivity contribution in [3.8, 4) is 0 Å². The maximum Gasteiger partial charge on any atom is 0.418 e. The van der Waals surface area contributed by atoms with Crippen LogP contribution in [0.25, 0.3) is 0 Å². The van der Waals surface area contributed by atoms with Crippen molar-refractivity contribution >= 4 is 5.69 Å². The molecule has 3 nitrogen and oxygen atoms in total. The van der Waals surface area contributed by atoms with Crippen LogP contribution in [-0.2, 0) is 12.7 Å². The van der Waals surface area contributed by atoms with Gasteiger partial charge in [-0.05, 0) is 18.2 Å². The number of nitrogens with one attached hydrogen (secondary N) is 1. The molecular weight excluding hydrogens is 269 g/mol. The van der Waals surface area contributed by atoms with Crippen LogP contribution in [0.4, 0.5) is 18.9 Å². The second-order valence-corrected chi connectivity index (χ2v) is 4.20. The molecule has 106 valence electrons. The van der Waals surface area contributed by atoms with Gasteiger partial charge in [-0.2, -0.15) is 13.2 Å². The number of nitrogens with zero attached hydrogens (tertiary/aromatic N) is 1. The van der Waals surface area contributed by atoms with Gasteiger partial charge in [0.2, 0.25) is 0 Å². The summed E-state index contributed by atoms with van der Waals surface area (Å²) in [7, 11) is 0. The van der Waals surface area contributed by atoms with Crippen molar-refractivity contribution in [2.45, 2.75) is 12.7 Å². The highest BCUT2D eigenvalue weighted by atomic mass is 19.4. The monoisotopic (exact) mass is 282 g/mol. The smallest absolute Gasteiger partial charge is 0.383 e. The summed E-state index contributed by atoms with van der Waals surface area (Å²) in [6, 6.07) is 10.00. The third-order valence-corrected chi connectivity index (χ3v) is 2.80. The van der Waals surface area contributed by atoms with Gasteiger partial charge < -0.3 is 9.88 Å². The largest absolute Gasteiger partial charge is 0.418 e. The first kappa shape index (κ1) is 14.2. The van der Waals surface area contributed by atoms with Gasteiger partial charge in [-0.3, -0.25) is 4.79 Å². The fraction of sp³-hybridized carbons (Fsp3) is 0.214. The molecule has 1 N–H and O–H groups in total. The van der Waals surface area contributed by atoms with Crippen molar-refractivity contribution < 1.29 is 13.2 Å². The Morgan fingerprint density at radius 1 is 1.05 bits per heavy atom. The molecule has 20 heavy (non-hydrogen) atoms. The van der Waals surface area contributed by atoms with E-state index in [-0.39, 0.29) is 17.8 Å². The number of rotatable bonds is 4. The molecular formula is C14H13F3N2O. The molecule has 0 unspecified atom stereocenters. The molecule has 0 radical (unpaired) electrons. The van der Waals surface area contributed by atoms with Gasteiger partial charge in [0.15, 0.2) is 0 Å². The highest BCUT2D eigenvalue weighted by Crippen LogP contribution is 2.34. The van der Waals surface area contributed by atoms with Crippen LogP contribution >= 0.6 is 0 Å². The van der Waals surface area contributed by atoms with Crippen molar-refractivity contribution in [2.75, 3.05) is 11.9 Å². The maximum atomic E-state index is 12.8. The minimum Gasteiger partial charge on any atom is -0.383 e. The van der Waals surface area contributed by atoms with Crippen LogP contribution in [0.5, 0.6) is 0 Å². The van der Waals surface area contributed by atoms with E-state index in [0.717, 1.165) is 6.07 Å². The fourth-order valence-corrected chi connectivity index (χ4v) is 1.84. The van der Waals surface area contributed by atoms with Gasteiger partial charge in [-0.15, -0.1) is 0 Å². The molecule has 1 aromatic heterocycles. The molecule has 0 atom stereocenters. The number of halogens is 3. The van der Waals surface area contributed by atoms with Gasteiger partial charge >= 0.3 is 6.18 Å². The molecule has 0 spiro atoms. The van der Waals surface area contributed by atoms with E-state index in [1.54, 1.807) is 18.3 Å². The lowest BCUT2D eigenvalue weighted by atomic mass is 10.1. The number of anilines is 1. The number of pyridine rings is 1. The molecule has 0 bridgehead atoms. The Kier molecular flexibility index (Phi) is 4.12. The molecule has 0 fully saturated rings. The predicted molar refractivity (Wildman–Crippen MR) is 70.6 cm³/mol. The fourth-order valence-electron chi connectivity index (χ4n) is 1.84. The molecule has 6 heteroatoms. The molecule has 1 aromatic carbocycles. The molecule has 0 saturated heterocycles. The number of aromatic nitrogens is 1. The summed E-state index contributed by atoms with van der Waals surface area (Å²) < 4.78 is 39.7. The van der Waals surface area contributed by atoms with Gasteiger partial charge in [0.05, 0.1) is 5.56 Å². The van der Waals surface area contributed by atoms with E-state index in [9.17, 15) is 18.0 Å². The van der Waals surface area contributed by atoms with E-state index in [1.807, 2.05) is 0 Å². The van der Waals surface area contributed by atoms with Crippen LogP contribution < -0.4 is 10.9 Å². The zero-order valence-electron chi connectivity index (χ0n) is 10.5. The predicted octanol–water partition coefficient (Wildman–Crippen LogP) is 2.98. The Balaban J connectivity index is 2.05. The summed E-state index contributed by atoms with van der Waals surface area (Å²) in [6.45, 7) is 0.531. The summed E-state index contributed by atoms with van der Waals surface area (Å²) in [5.41, 5.74) is -0.872. The van der Waals surface area contributed by atoms with E-state index >= 15 is 0 Å². The number of hydrogen-bond acceptors (Lipinski definition) is 2. The number of hydrogen-bond donors (Lipinski definition) is 1. The molecule has 2 rings (SSSR count). The Labute approximate surface area is 113 Å². The van der Waals surface area contributed by atoms with Crippen molar-refractivity contribution in [3.63, 3.8) is 0 Å². The average molecular weight is 282 g/mol. The van der Waals surface area contributed by atoms with Gasteiger partial charge in [-0.25, -0.2) is 0 Å². The van der Waals surface area contributed by atoms with Crippen LogP contribution in [-0.4, -0.2) is 11.1 Å². The molecule has 0 aliphatic carbocycles. The van der Waals surface area contributed by atoms with E-state index in [0.29, 0.717) is 6.54 Å². The van der Waals surface area contributed by atoms with Crippen molar-refractivity contribution in [3.05, 3.63) is 64.6 Å². The summed E-state index contributed by atoms with van der Waals surface area (Å²) in [5.74, 6) is 0. The summed E-state index contributed by atoms with van der Waals surface area (Å²) in [5, 5.41) is 2.72. The molecule has 2 aromatic rings. The highest BCUT2D eigenvalue weighted by Gasteiger charge is 2.32. The zero-order valence-corrected chi connectivity index (χ0v) is 10.5. The zero-order chi connectivity index (χ0) is 14.6.